The molecule has 0 unspecified atom stereocenters. The molecule has 0 heterocycles. The molecule has 2 aromatic rings. The lowest BCUT2D eigenvalue weighted by Crippen LogP contribution is -2.22. The molecule has 25 heavy (non-hydrogen) atoms. The molecule has 1 N–H and O–H groups in total. The minimum Gasteiger partial charge on any atom is -0.372 e. The van der Waals surface area contributed by atoms with Crippen LogP contribution in [0.4, 0.5) is 17.1 Å². The van der Waals surface area contributed by atoms with Gasteiger partial charge in [-0.3, -0.25) is 14.9 Å². The third kappa shape index (κ3) is 3.96. The Bertz CT molecular complexity index is 798. The third-order valence-electron chi connectivity index (χ3n) is 4.33. The summed E-state index contributed by atoms with van der Waals surface area (Å²) < 4.78 is 0. The Balaban J connectivity index is 2.27. The second-order valence-electron chi connectivity index (χ2n) is 5.83. The van der Waals surface area contributed by atoms with Crippen molar-refractivity contribution in [3.8, 4) is 0 Å². The lowest BCUT2D eigenvalue weighted by molar-refractivity contribution is -0.385. The summed E-state index contributed by atoms with van der Waals surface area (Å²) in [5.74, 6) is -0.347. The van der Waals surface area contributed by atoms with E-state index in [0.29, 0.717) is 16.8 Å². The van der Waals surface area contributed by atoms with E-state index in [2.05, 4.69) is 24.1 Å². The number of nitro benzene ring substituents is 1. The normalized spacial score (nSPS) is 10.4. The second kappa shape index (κ2) is 7.79. The SMILES string of the molecule is CCN(CC)c1ccc(NC(=O)c2cccc([N+](=O)[O-])c2C)c(C)c1. The van der Waals surface area contributed by atoms with Crippen molar-refractivity contribution in [2.75, 3.05) is 23.3 Å². The van der Waals surface area contributed by atoms with Crippen LogP contribution in [0.15, 0.2) is 36.4 Å². The van der Waals surface area contributed by atoms with E-state index in [0.717, 1.165) is 24.3 Å². The van der Waals surface area contributed by atoms with Crippen molar-refractivity contribution in [1.29, 1.82) is 0 Å². The zero-order valence-corrected chi connectivity index (χ0v) is 15.0. The monoisotopic (exact) mass is 341 g/mol. The van der Waals surface area contributed by atoms with Crippen molar-refractivity contribution in [1.82, 2.24) is 0 Å². The number of nitro groups is 1. The Kier molecular flexibility index (Phi) is 5.75. The van der Waals surface area contributed by atoms with Crippen LogP contribution in [0.3, 0.4) is 0 Å². The summed E-state index contributed by atoms with van der Waals surface area (Å²) >= 11 is 0. The first kappa shape index (κ1) is 18.4. The topological polar surface area (TPSA) is 75.5 Å². The number of rotatable bonds is 6. The van der Waals surface area contributed by atoms with E-state index < -0.39 is 4.92 Å². The lowest BCUT2D eigenvalue weighted by atomic mass is 10.1. The first-order valence-corrected chi connectivity index (χ1v) is 8.30. The Morgan fingerprint density at radius 2 is 1.84 bits per heavy atom. The fourth-order valence-electron chi connectivity index (χ4n) is 2.83. The molecule has 2 aromatic carbocycles. The first-order chi connectivity index (χ1) is 11.9. The van der Waals surface area contributed by atoms with E-state index in [4.69, 9.17) is 0 Å². The van der Waals surface area contributed by atoms with E-state index in [1.54, 1.807) is 13.0 Å². The van der Waals surface area contributed by atoms with Crippen LogP contribution in [0.5, 0.6) is 0 Å². The molecule has 0 bridgehead atoms. The van der Waals surface area contributed by atoms with Gasteiger partial charge in [-0.1, -0.05) is 6.07 Å². The minimum absolute atomic E-state index is 0.0544. The number of hydrogen-bond donors (Lipinski definition) is 1. The predicted molar refractivity (Wildman–Crippen MR) is 101 cm³/mol. The van der Waals surface area contributed by atoms with E-state index in [9.17, 15) is 14.9 Å². The maximum atomic E-state index is 12.5. The molecule has 0 spiro atoms. The van der Waals surface area contributed by atoms with Crippen LogP contribution in [0, 0.1) is 24.0 Å². The average molecular weight is 341 g/mol. The van der Waals surface area contributed by atoms with Gasteiger partial charge in [0.25, 0.3) is 11.6 Å². The molecule has 0 atom stereocenters. The molecule has 132 valence electrons. The first-order valence-electron chi connectivity index (χ1n) is 8.30. The fraction of sp³-hybridized carbons (Fsp3) is 0.316. The maximum absolute atomic E-state index is 12.5. The standard InChI is InChI=1S/C19H23N3O3/c1-5-21(6-2)15-10-11-17(13(3)12-15)20-19(23)16-8-7-9-18(14(16)4)22(24)25/h7-12H,5-6H2,1-4H3,(H,20,23). The Hall–Kier alpha value is -2.89. The number of carbonyl (C=O) groups excluding carboxylic acids is 1. The summed E-state index contributed by atoms with van der Waals surface area (Å²) in [4.78, 5) is 25.3. The van der Waals surface area contributed by atoms with Gasteiger partial charge in [0.15, 0.2) is 0 Å². The molecule has 1 amide bonds. The van der Waals surface area contributed by atoms with Crippen LogP contribution < -0.4 is 10.2 Å². The summed E-state index contributed by atoms with van der Waals surface area (Å²) in [5, 5.41) is 13.9. The Labute approximate surface area is 147 Å². The number of nitrogens with zero attached hydrogens (tertiary/aromatic N) is 2. The van der Waals surface area contributed by atoms with Crippen molar-refractivity contribution < 1.29 is 9.72 Å². The van der Waals surface area contributed by atoms with Gasteiger partial charge in [0.1, 0.15) is 0 Å². The lowest BCUT2D eigenvalue weighted by Gasteiger charge is -2.22. The van der Waals surface area contributed by atoms with Crippen molar-refractivity contribution >= 4 is 23.0 Å². The van der Waals surface area contributed by atoms with E-state index in [-0.39, 0.29) is 11.6 Å². The van der Waals surface area contributed by atoms with Gasteiger partial charge < -0.3 is 10.2 Å². The number of nitrogens with one attached hydrogen (secondary N) is 1. The van der Waals surface area contributed by atoms with Crippen molar-refractivity contribution in [3.05, 3.63) is 63.2 Å². The maximum Gasteiger partial charge on any atom is 0.273 e. The van der Waals surface area contributed by atoms with Crippen molar-refractivity contribution in [2.24, 2.45) is 0 Å². The number of aryl methyl sites for hydroxylation is 1. The molecule has 0 aliphatic rings. The van der Waals surface area contributed by atoms with Crippen molar-refractivity contribution in [3.63, 3.8) is 0 Å². The summed E-state index contributed by atoms with van der Waals surface area (Å²) in [6.07, 6.45) is 0. The summed E-state index contributed by atoms with van der Waals surface area (Å²) in [6.45, 7) is 9.54. The molecule has 6 heteroatoms. The Morgan fingerprint density at radius 1 is 1.16 bits per heavy atom. The van der Waals surface area contributed by atoms with Gasteiger partial charge in [0.2, 0.25) is 0 Å². The molecule has 0 aliphatic heterocycles. The highest BCUT2D eigenvalue weighted by Gasteiger charge is 2.18. The molecule has 0 fully saturated rings. The molecule has 6 nitrogen and oxygen atoms in total. The largest absolute Gasteiger partial charge is 0.372 e. The van der Waals surface area contributed by atoms with Gasteiger partial charge in [-0.15, -0.1) is 0 Å². The van der Waals surface area contributed by atoms with E-state index in [1.165, 1.54) is 12.1 Å². The summed E-state index contributed by atoms with van der Waals surface area (Å²) in [6, 6.07) is 10.4. The minimum atomic E-state index is -0.476. The molecular formula is C19H23N3O3. The zero-order chi connectivity index (χ0) is 18.6. The molecule has 0 saturated carbocycles. The average Bonchev–Trinajstić information content (AvgIpc) is 2.58. The molecule has 0 radical (unpaired) electrons. The number of hydrogen-bond acceptors (Lipinski definition) is 4. The van der Waals surface area contributed by atoms with Crippen LogP contribution in [0.25, 0.3) is 0 Å². The summed E-state index contributed by atoms with van der Waals surface area (Å²) in [7, 11) is 0. The van der Waals surface area contributed by atoms with Crippen LogP contribution in [-0.4, -0.2) is 23.9 Å². The van der Waals surface area contributed by atoms with Gasteiger partial charge >= 0.3 is 0 Å². The molecule has 0 aromatic heterocycles. The van der Waals surface area contributed by atoms with Crippen molar-refractivity contribution in [2.45, 2.75) is 27.7 Å². The van der Waals surface area contributed by atoms with Gasteiger partial charge in [-0.25, -0.2) is 0 Å². The molecule has 2 rings (SSSR count). The highest BCUT2D eigenvalue weighted by Crippen LogP contribution is 2.25. The van der Waals surface area contributed by atoms with E-state index in [1.807, 2.05) is 25.1 Å². The van der Waals surface area contributed by atoms with E-state index >= 15 is 0 Å². The fourth-order valence-corrected chi connectivity index (χ4v) is 2.83. The quantitative estimate of drug-likeness (QED) is 0.627. The number of anilines is 2. The van der Waals surface area contributed by atoms with Crippen LogP contribution >= 0.6 is 0 Å². The number of amides is 1. The zero-order valence-electron chi connectivity index (χ0n) is 15.0. The summed E-state index contributed by atoms with van der Waals surface area (Å²) in [5.41, 5.74) is 3.37. The molecule has 0 aliphatic carbocycles. The molecular weight excluding hydrogens is 318 g/mol. The number of benzene rings is 2. The highest BCUT2D eigenvalue weighted by molar-refractivity contribution is 6.06. The second-order valence-corrected chi connectivity index (χ2v) is 5.83. The Morgan fingerprint density at radius 3 is 2.40 bits per heavy atom. The van der Waals surface area contributed by atoms with Gasteiger partial charge in [-0.05, 0) is 57.5 Å². The van der Waals surface area contributed by atoms with Crippen LogP contribution in [-0.2, 0) is 0 Å². The van der Waals surface area contributed by atoms with Gasteiger partial charge in [-0.2, -0.15) is 0 Å². The third-order valence-corrected chi connectivity index (χ3v) is 4.33. The highest BCUT2D eigenvalue weighted by atomic mass is 16.6. The van der Waals surface area contributed by atoms with Gasteiger partial charge in [0.05, 0.1) is 4.92 Å². The van der Waals surface area contributed by atoms with Crippen LogP contribution in [0.2, 0.25) is 0 Å². The number of carbonyl (C=O) groups is 1. The molecule has 0 saturated heterocycles. The smallest absolute Gasteiger partial charge is 0.273 e. The van der Waals surface area contributed by atoms with Crippen LogP contribution in [0.1, 0.15) is 35.3 Å². The van der Waals surface area contributed by atoms with Gasteiger partial charge in [0, 0.05) is 41.7 Å². The predicted octanol–water partition coefficient (Wildman–Crippen LogP) is 4.31.